The molecule has 0 aliphatic heterocycles. The summed E-state index contributed by atoms with van der Waals surface area (Å²) in [5, 5.41) is 0. The molecule has 0 saturated carbocycles. The van der Waals surface area contributed by atoms with Gasteiger partial charge in [0, 0.05) is 45.4 Å². The van der Waals surface area contributed by atoms with E-state index in [1.54, 1.807) is 0 Å². The number of unbranched alkanes of at least 4 members (excludes halogenated alkanes) is 18. The average Bonchev–Trinajstić information content (AvgIpc) is 3.04. The topological polar surface area (TPSA) is 46.2 Å². The van der Waals surface area contributed by atoms with E-state index in [1.807, 2.05) is 20.8 Å². The van der Waals surface area contributed by atoms with Gasteiger partial charge in [0.25, 0.3) is 5.97 Å². The van der Waals surface area contributed by atoms with E-state index in [4.69, 9.17) is 23.7 Å². The molecule has 46 heavy (non-hydrogen) atoms. The Morgan fingerprint density at radius 1 is 0.370 bits per heavy atom. The maximum Gasteiger partial charge on any atom is 0.282 e. The van der Waals surface area contributed by atoms with Crippen LogP contribution in [0.3, 0.4) is 0 Å². The Kier molecular flexibility index (Phi) is 34.5. The van der Waals surface area contributed by atoms with Crippen molar-refractivity contribution in [3.8, 4) is 0 Å². The summed E-state index contributed by atoms with van der Waals surface area (Å²) < 4.78 is 30.3. The fourth-order valence-electron chi connectivity index (χ4n) is 7.12. The highest BCUT2D eigenvalue weighted by Crippen LogP contribution is 2.34. The minimum absolute atomic E-state index is 0.0400. The monoisotopic (exact) mass is 657 g/mol. The standard InChI is InChI=1S/C41H84O5/c1-8-15-17-19-22-26-30-34-38(39(40(42-10-3)43-11-4)36-32-28-23-20-18-16-9-2)35-31-27-24-21-25-29-33-37-41(44-12-5,45-13-6)46-14-7/h38-40H,8-37H2,1-7H3. The molecule has 0 saturated heterocycles. The highest BCUT2D eigenvalue weighted by atomic mass is 16.9. The lowest BCUT2D eigenvalue weighted by Crippen LogP contribution is -2.39. The summed E-state index contributed by atoms with van der Waals surface area (Å²) in [6, 6.07) is 0. The lowest BCUT2D eigenvalue weighted by atomic mass is 9.80. The van der Waals surface area contributed by atoms with Crippen LogP contribution in [0.1, 0.15) is 209 Å². The molecular weight excluding hydrogens is 572 g/mol. The first kappa shape index (κ1) is 45.8. The van der Waals surface area contributed by atoms with Crippen LogP contribution in [0.25, 0.3) is 0 Å². The summed E-state index contributed by atoms with van der Waals surface area (Å²) in [4.78, 5) is 0. The zero-order valence-electron chi connectivity index (χ0n) is 32.5. The van der Waals surface area contributed by atoms with Gasteiger partial charge in [-0.3, -0.25) is 0 Å². The molecule has 278 valence electrons. The fraction of sp³-hybridized carbons (Fsp3) is 1.00. The first-order valence-electron chi connectivity index (χ1n) is 20.7. The Morgan fingerprint density at radius 3 is 1.09 bits per heavy atom. The Morgan fingerprint density at radius 2 is 0.717 bits per heavy atom. The third-order valence-electron chi connectivity index (χ3n) is 9.59. The minimum atomic E-state index is -0.852. The van der Waals surface area contributed by atoms with Crippen molar-refractivity contribution in [3.05, 3.63) is 0 Å². The summed E-state index contributed by atoms with van der Waals surface area (Å²) in [6.07, 6.45) is 32.8. The fourth-order valence-corrected chi connectivity index (χ4v) is 7.12. The average molecular weight is 657 g/mol. The van der Waals surface area contributed by atoms with Crippen molar-refractivity contribution >= 4 is 0 Å². The SMILES string of the molecule is CCCCCCCCCC(CCCCCCCCCC(OCC)(OCC)OCC)C(CCCCCCCCC)C(OCC)OCC. The summed E-state index contributed by atoms with van der Waals surface area (Å²) in [7, 11) is 0. The molecule has 0 rings (SSSR count). The summed E-state index contributed by atoms with van der Waals surface area (Å²) in [5.74, 6) is 0.384. The number of hydrogen-bond acceptors (Lipinski definition) is 5. The van der Waals surface area contributed by atoms with Crippen molar-refractivity contribution in [1.29, 1.82) is 0 Å². The van der Waals surface area contributed by atoms with Gasteiger partial charge >= 0.3 is 0 Å². The van der Waals surface area contributed by atoms with Crippen LogP contribution in [-0.2, 0) is 23.7 Å². The van der Waals surface area contributed by atoms with Crippen LogP contribution in [0.5, 0.6) is 0 Å². The van der Waals surface area contributed by atoms with Crippen molar-refractivity contribution in [1.82, 2.24) is 0 Å². The van der Waals surface area contributed by atoms with Crippen LogP contribution in [0.2, 0.25) is 0 Å². The summed E-state index contributed by atoms with van der Waals surface area (Å²) >= 11 is 0. The number of hydrogen-bond donors (Lipinski definition) is 0. The van der Waals surface area contributed by atoms with Gasteiger partial charge in [0.1, 0.15) is 0 Å². The molecule has 0 aliphatic rings. The van der Waals surface area contributed by atoms with Crippen LogP contribution >= 0.6 is 0 Å². The van der Waals surface area contributed by atoms with Crippen molar-refractivity contribution in [2.24, 2.45) is 11.8 Å². The molecule has 0 aromatic heterocycles. The molecule has 0 aliphatic carbocycles. The van der Waals surface area contributed by atoms with E-state index in [-0.39, 0.29) is 6.29 Å². The molecule has 2 unspecified atom stereocenters. The molecule has 0 aromatic carbocycles. The molecule has 0 amide bonds. The highest BCUT2D eigenvalue weighted by Gasteiger charge is 2.32. The Bertz CT molecular complexity index is 562. The number of ether oxygens (including phenoxy) is 5. The van der Waals surface area contributed by atoms with Gasteiger partial charge in [-0.1, -0.05) is 142 Å². The van der Waals surface area contributed by atoms with Crippen LogP contribution in [0.15, 0.2) is 0 Å². The summed E-state index contributed by atoms with van der Waals surface area (Å²) in [6.45, 7) is 18.2. The molecule has 0 N–H and O–H groups in total. The third-order valence-corrected chi connectivity index (χ3v) is 9.59. The van der Waals surface area contributed by atoms with E-state index in [2.05, 4.69) is 27.7 Å². The maximum absolute atomic E-state index is 6.31. The van der Waals surface area contributed by atoms with Gasteiger partial charge in [0.2, 0.25) is 0 Å². The smallest absolute Gasteiger partial charge is 0.282 e. The second-order valence-corrected chi connectivity index (χ2v) is 13.5. The van der Waals surface area contributed by atoms with Gasteiger partial charge in [0.05, 0.1) is 0 Å². The second-order valence-electron chi connectivity index (χ2n) is 13.5. The van der Waals surface area contributed by atoms with E-state index >= 15 is 0 Å². The molecule has 0 fully saturated rings. The van der Waals surface area contributed by atoms with Crippen molar-refractivity contribution in [2.75, 3.05) is 33.0 Å². The van der Waals surface area contributed by atoms with E-state index in [9.17, 15) is 0 Å². The van der Waals surface area contributed by atoms with Gasteiger partial charge < -0.3 is 23.7 Å². The molecule has 5 heteroatoms. The van der Waals surface area contributed by atoms with E-state index in [0.29, 0.717) is 31.7 Å². The van der Waals surface area contributed by atoms with Crippen LogP contribution in [0.4, 0.5) is 0 Å². The van der Waals surface area contributed by atoms with Crippen LogP contribution < -0.4 is 0 Å². The van der Waals surface area contributed by atoms with E-state index < -0.39 is 5.97 Å². The van der Waals surface area contributed by atoms with Crippen molar-refractivity contribution in [2.45, 2.75) is 221 Å². The van der Waals surface area contributed by atoms with Crippen molar-refractivity contribution in [3.63, 3.8) is 0 Å². The first-order valence-corrected chi connectivity index (χ1v) is 20.7. The zero-order valence-corrected chi connectivity index (χ0v) is 32.5. The lowest BCUT2D eigenvalue weighted by molar-refractivity contribution is -0.380. The van der Waals surface area contributed by atoms with Gasteiger partial charge in [0.15, 0.2) is 6.29 Å². The van der Waals surface area contributed by atoms with Gasteiger partial charge in [-0.2, -0.15) is 0 Å². The number of rotatable bonds is 38. The zero-order chi connectivity index (χ0) is 34.0. The van der Waals surface area contributed by atoms with Gasteiger partial charge in [-0.25, -0.2) is 0 Å². The predicted octanol–water partition coefficient (Wildman–Crippen LogP) is 13.2. The molecule has 5 nitrogen and oxygen atoms in total. The minimum Gasteiger partial charge on any atom is -0.353 e. The predicted molar refractivity (Wildman–Crippen MR) is 198 cm³/mol. The van der Waals surface area contributed by atoms with E-state index in [0.717, 1.165) is 26.1 Å². The maximum atomic E-state index is 6.31. The van der Waals surface area contributed by atoms with Crippen LogP contribution in [-0.4, -0.2) is 45.3 Å². The second kappa shape index (κ2) is 34.7. The van der Waals surface area contributed by atoms with E-state index in [1.165, 1.54) is 148 Å². The highest BCUT2D eigenvalue weighted by molar-refractivity contribution is 4.75. The van der Waals surface area contributed by atoms with Gasteiger partial charge in [-0.05, 0) is 66.2 Å². The summed E-state index contributed by atoms with van der Waals surface area (Å²) in [5.41, 5.74) is 0. The molecule has 2 atom stereocenters. The largest absolute Gasteiger partial charge is 0.353 e. The Balaban J connectivity index is 4.96. The molecule has 0 aromatic rings. The molecule has 0 heterocycles. The molecule has 0 spiro atoms. The molecule has 0 radical (unpaired) electrons. The normalized spacial score (nSPS) is 13.6. The van der Waals surface area contributed by atoms with Gasteiger partial charge in [-0.15, -0.1) is 0 Å². The quantitative estimate of drug-likeness (QED) is 0.0489. The molecular formula is C41H84O5. The lowest BCUT2D eigenvalue weighted by Gasteiger charge is -2.34. The van der Waals surface area contributed by atoms with Crippen molar-refractivity contribution < 1.29 is 23.7 Å². The Hall–Kier alpha value is -0.200. The third kappa shape index (κ3) is 24.9. The van der Waals surface area contributed by atoms with Crippen LogP contribution in [0, 0.1) is 11.8 Å². The Labute approximate surface area is 289 Å². The molecule has 0 bridgehead atoms. The first-order chi connectivity index (χ1) is 22.6.